The van der Waals surface area contributed by atoms with Crippen LogP contribution in [0.2, 0.25) is 0 Å². The third-order valence-corrected chi connectivity index (χ3v) is 3.50. The van der Waals surface area contributed by atoms with Gasteiger partial charge < -0.3 is 10.0 Å². The third kappa shape index (κ3) is 4.26. The Kier molecular flexibility index (Phi) is 4.51. The molecule has 7 heteroatoms. The third-order valence-electron chi connectivity index (χ3n) is 2.57. The summed E-state index contributed by atoms with van der Waals surface area (Å²) in [5.74, 6) is -1.14. The molecule has 0 bridgehead atoms. The number of hydrogen-bond donors (Lipinski definition) is 1. The van der Waals surface area contributed by atoms with Crippen molar-refractivity contribution in [3.05, 3.63) is 29.3 Å². The molecule has 0 unspecified atom stereocenters. The Hall–Kier alpha value is -2.07. The SMILES string of the molecule is CN(CCS(C)(=O)=O)c1ccc(C(=O)O)cc1C#N. The van der Waals surface area contributed by atoms with Gasteiger partial charge in [-0.15, -0.1) is 0 Å². The molecule has 102 valence electrons. The summed E-state index contributed by atoms with van der Waals surface area (Å²) in [6.07, 6.45) is 1.14. The summed E-state index contributed by atoms with van der Waals surface area (Å²) in [7, 11) is -1.43. The number of carbonyl (C=O) groups is 1. The summed E-state index contributed by atoms with van der Waals surface area (Å²) >= 11 is 0. The van der Waals surface area contributed by atoms with E-state index in [0.717, 1.165) is 6.26 Å². The quantitative estimate of drug-likeness (QED) is 0.855. The lowest BCUT2D eigenvalue weighted by Gasteiger charge is -2.20. The molecule has 0 aliphatic carbocycles. The molecule has 0 saturated heterocycles. The minimum atomic E-state index is -3.09. The molecule has 0 spiro atoms. The Balaban J connectivity index is 3.01. The van der Waals surface area contributed by atoms with Gasteiger partial charge in [-0.25, -0.2) is 13.2 Å². The van der Waals surface area contributed by atoms with Gasteiger partial charge in [-0.05, 0) is 18.2 Å². The molecule has 6 nitrogen and oxygen atoms in total. The molecule has 0 radical (unpaired) electrons. The van der Waals surface area contributed by atoms with E-state index in [1.54, 1.807) is 11.9 Å². The molecule has 1 rings (SSSR count). The van der Waals surface area contributed by atoms with Crippen LogP contribution in [0, 0.1) is 11.3 Å². The number of benzene rings is 1. The first-order valence-corrected chi connectivity index (χ1v) is 7.47. The van der Waals surface area contributed by atoms with Crippen LogP contribution in [0.15, 0.2) is 18.2 Å². The number of anilines is 1. The van der Waals surface area contributed by atoms with Gasteiger partial charge in [-0.2, -0.15) is 5.26 Å². The predicted molar refractivity (Wildman–Crippen MR) is 71.1 cm³/mol. The molecule has 0 amide bonds. The number of aromatic carboxylic acids is 1. The van der Waals surface area contributed by atoms with Crippen LogP contribution in [0.25, 0.3) is 0 Å². The molecule has 0 aliphatic rings. The van der Waals surface area contributed by atoms with Crippen molar-refractivity contribution >= 4 is 21.5 Å². The summed E-state index contributed by atoms with van der Waals surface area (Å²) < 4.78 is 22.2. The van der Waals surface area contributed by atoms with Crippen LogP contribution in [-0.4, -0.2) is 45.1 Å². The van der Waals surface area contributed by atoms with Crippen LogP contribution in [-0.2, 0) is 9.84 Å². The highest BCUT2D eigenvalue weighted by Crippen LogP contribution is 2.20. The maximum Gasteiger partial charge on any atom is 0.335 e. The Bertz CT molecular complexity index is 632. The topological polar surface area (TPSA) is 98.5 Å². The van der Waals surface area contributed by atoms with E-state index in [9.17, 15) is 13.2 Å². The number of hydrogen-bond acceptors (Lipinski definition) is 5. The number of carboxylic acids is 1. The summed E-state index contributed by atoms with van der Waals surface area (Å²) in [5.41, 5.74) is 0.740. The van der Waals surface area contributed by atoms with E-state index in [1.165, 1.54) is 18.2 Å². The van der Waals surface area contributed by atoms with Crippen molar-refractivity contribution in [2.75, 3.05) is 30.5 Å². The molecule has 1 N–H and O–H groups in total. The van der Waals surface area contributed by atoms with Gasteiger partial charge >= 0.3 is 5.97 Å². The fourth-order valence-corrected chi connectivity index (χ4v) is 2.12. The van der Waals surface area contributed by atoms with Crippen molar-refractivity contribution in [1.82, 2.24) is 0 Å². The van der Waals surface area contributed by atoms with Crippen LogP contribution in [0.4, 0.5) is 5.69 Å². The van der Waals surface area contributed by atoms with Gasteiger partial charge in [0.05, 0.1) is 22.6 Å². The van der Waals surface area contributed by atoms with Gasteiger partial charge in [0.15, 0.2) is 0 Å². The lowest BCUT2D eigenvalue weighted by molar-refractivity contribution is 0.0697. The largest absolute Gasteiger partial charge is 0.478 e. The second-order valence-electron chi connectivity index (χ2n) is 4.20. The average Bonchev–Trinajstić information content (AvgIpc) is 2.34. The Morgan fingerprint density at radius 3 is 2.58 bits per heavy atom. The van der Waals surface area contributed by atoms with Crippen molar-refractivity contribution in [3.63, 3.8) is 0 Å². The first-order valence-electron chi connectivity index (χ1n) is 5.41. The fraction of sp³-hybridized carbons (Fsp3) is 0.333. The first-order chi connectivity index (χ1) is 8.74. The molecule has 0 atom stereocenters. The second-order valence-corrected chi connectivity index (χ2v) is 6.46. The molecule has 0 heterocycles. The summed E-state index contributed by atoms with van der Waals surface area (Å²) in [4.78, 5) is 12.4. The van der Waals surface area contributed by atoms with E-state index < -0.39 is 15.8 Å². The summed E-state index contributed by atoms with van der Waals surface area (Å²) in [6, 6.07) is 6.08. The van der Waals surface area contributed by atoms with Crippen LogP contribution in [0.1, 0.15) is 15.9 Å². The Labute approximate surface area is 111 Å². The molecule has 0 aromatic heterocycles. The van der Waals surface area contributed by atoms with E-state index in [2.05, 4.69) is 0 Å². The van der Waals surface area contributed by atoms with Crippen molar-refractivity contribution in [2.45, 2.75) is 0 Å². The number of sulfone groups is 1. The van der Waals surface area contributed by atoms with Crippen LogP contribution >= 0.6 is 0 Å². The first kappa shape index (κ1) is 15.0. The highest BCUT2D eigenvalue weighted by Gasteiger charge is 2.13. The van der Waals surface area contributed by atoms with Crippen molar-refractivity contribution in [1.29, 1.82) is 5.26 Å². The van der Waals surface area contributed by atoms with Crippen LogP contribution in [0.3, 0.4) is 0 Å². The van der Waals surface area contributed by atoms with Gasteiger partial charge in [0.25, 0.3) is 0 Å². The van der Waals surface area contributed by atoms with E-state index in [0.29, 0.717) is 5.69 Å². The minimum absolute atomic E-state index is 0.0248. The van der Waals surface area contributed by atoms with Gasteiger partial charge in [0.2, 0.25) is 0 Å². The zero-order valence-corrected chi connectivity index (χ0v) is 11.4. The molecule has 0 fully saturated rings. The second kappa shape index (κ2) is 5.71. The zero-order chi connectivity index (χ0) is 14.6. The van der Waals surface area contributed by atoms with E-state index in [1.807, 2.05) is 6.07 Å². The summed E-state index contributed by atoms with van der Waals surface area (Å²) in [6.45, 7) is 0.236. The normalized spacial score (nSPS) is 10.8. The molecular formula is C12H14N2O4S. The van der Waals surface area contributed by atoms with Gasteiger partial charge in [-0.3, -0.25) is 0 Å². The van der Waals surface area contributed by atoms with Gasteiger partial charge in [0, 0.05) is 19.8 Å². The molecule has 1 aromatic carbocycles. The van der Waals surface area contributed by atoms with E-state index >= 15 is 0 Å². The highest BCUT2D eigenvalue weighted by molar-refractivity contribution is 7.90. The summed E-state index contributed by atoms with van der Waals surface area (Å²) in [5, 5.41) is 17.9. The molecular weight excluding hydrogens is 268 g/mol. The monoisotopic (exact) mass is 282 g/mol. The van der Waals surface area contributed by atoms with Crippen molar-refractivity contribution in [3.8, 4) is 6.07 Å². The van der Waals surface area contributed by atoms with Crippen LogP contribution < -0.4 is 4.90 Å². The lowest BCUT2D eigenvalue weighted by Crippen LogP contribution is -2.25. The number of nitriles is 1. The maximum atomic E-state index is 11.1. The number of nitrogens with zero attached hydrogens (tertiary/aromatic N) is 2. The maximum absolute atomic E-state index is 11.1. The average molecular weight is 282 g/mol. The van der Waals surface area contributed by atoms with Crippen molar-refractivity contribution in [2.24, 2.45) is 0 Å². The standard InChI is InChI=1S/C12H14N2O4S/c1-14(5-6-19(2,17)18)11-4-3-9(12(15)16)7-10(11)8-13/h3-4,7H,5-6H2,1-2H3,(H,15,16). The molecule has 19 heavy (non-hydrogen) atoms. The number of carboxylic acid groups (broad SMARTS) is 1. The highest BCUT2D eigenvalue weighted by atomic mass is 32.2. The minimum Gasteiger partial charge on any atom is -0.478 e. The van der Waals surface area contributed by atoms with E-state index in [4.69, 9.17) is 10.4 Å². The predicted octanol–water partition coefficient (Wildman–Crippen LogP) is 0.737. The molecule has 0 saturated carbocycles. The van der Waals surface area contributed by atoms with Crippen molar-refractivity contribution < 1.29 is 18.3 Å². The molecule has 1 aromatic rings. The fourth-order valence-electron chi connectivity index (χ4n) is 1.51. The Morgan fingerprint density at radius 1 is 1.47 bits per heavy atom. The van der Waals surface area contributed by atoms with Gasteiger partial charge in [0.1, 0.15) is 15.9 Å². The Morgan fingerprint density at radius 2 is 2.11 bits per heavy atom. The van der Waals surface area contributed by atoms with Gasteiger partial charge in [-0.1, -0.05) is 0 Å². The lowest BCUT2D eigenvalue weighted by atomic mass is 10.1. The molecule has 0 aliphatic heterocycles. The zero-order valence-electron chi connectivity index (χ0n) is 10.6. The van der Waals surface area contributed by atoms with E-state index in [-0.39, 0.29) is 23.4 Å². The number of rotatable bonds is 5. The van der Waals surface area contributed by atoms with Crippen LogP contribution in [0.5, 0.6) is 0 Å². The smallest absolute Gasteiger partial charge is 0.335 e.